The van der Waals surface area contributed by atoms with Crippen LogP contribution < -0.4 is 0 Å². The van der Waals surface area contributed by atoms with E-state index in [0.29, 0.717) is 0 Å². The maximum atomic E-state index is 12.4. The van der Waals surface area contributed by atoms with Crippen LogP contribution in [0.2, 0.25) is 0 Å². The maximum Gasteiger partial charge on any atom is 0.364 e. The van der Waals surface area contributed by atoms with Crippen molar-refractivity contribution in [2.75, 3.05) is 20.5 Å². The zero-order chi connectivity index (χ0) is 17.1. The molecule has 0 rings (SSSR count). The predicted molar refractivity (Wildman–Crippen MR) is 76.4 cm³/mol. The van der Waals surface area contributed by atoms with Gasteiger partial charge in [-0.2, -0.15) is 8.42 Å². The van der Waals surface area contributed by atoms with Crippen molar-refractivity contribution in [2.45, 2.75) is 39.6 Å². The molecule has 8 nitrogen and oxygen atoms in total. The van der Waals surface area contributed by atoms with E-state index in [-0.39, 0.29) is 0 Å². The molecule has 0 aromatic heterocycles. The Balaban J connectivity index is 5.41. The van der Waals surface area contributed by atoms with Gasteiger partial charge < -0.3 is 13.8 Å². The van der Waals surface area contributed by atoms with Crippen molar-refractivity contribution in [1.29, 1.82) is 0 Å². The molecule has 0 aliphatic carbocycles. The normalized spacial score (nSPS) is 16.3. The summed E-state index contributed by atoms with van der Waals surface area (Å²) >= 11 is 0. The zero-order valence-electron chi connectivity index (χ0n) is 13.3. The minimum Gasteiger partial charge on any atom is -0.459 e. The molecule has 0 unspecified atom stereocenters. The fourth-order valence-electron chi connectivity index (χ4n) is 1.25. The van der Waals surface area contributed by atoms with Gasteiger partial charge in [-0.25, -0.2) is 4.18 Å². The van der Waals surface area contributed by atoms with E-state index in [1.54, 1.807) is 20.8 Å². The first-order valence-electron chi connectivity index (χ1n) is 6.07. The second-order valence-corrected chi connectivity index (χ2v) is 9.38. The van der Waals surface area contributed by atoms with Crippen LogP contribution in [0.15, 0.2) is 0 Å². The summed E-state index contributed by atoms with van der Waals surface area (Å²) in [6, 6.07) is 0. The fraction of sp³-hybridized carbons (Fsp3) is 0.909. The minimum atomic E-state index is -3.97. The summed E-state index contributed by atoms with van der Waals surface area (Å²) < 4.78 is 54.3. The van der Waals surface area contributed by atoms with E-state index < -0.39 is 41.0 Å². The van der Waals surface area contributed by atoms with Crippen LogP contribution in [0.5, 0.6) is 0 Å². The third kappa shape index (κ3) is 6.44. The summed E-state index contributed by atoms with van der Waals surface area (Å²) in [5, 5.41) is 0. The molecule has 0 aliphatic rings. The van der Waals surface area contributed by atoms with Gasteiger partial charge in [-0.15, -0.1) is 0 Å². The maximum absolute atomic E-state index is 12.4. The second-order valence-electron chi connectivity index (χ2n) is 5.46. The SMILES string of the molecule is COP(=O)(OC)[C@H](OS(C)(=O)=O)[C@H](C)OC(=O)C(C)(C)C. The molecule has 0 radical (unpaired) electrons. The van der Waals surface area contributed by atoms with Crippen molar-refractivity contribution >= 4 is 23.7 Å². The number of carbonyl (C=O) groups is 1. The Kier molecular flexibility index (Phi) is 7.03. The molecule has 0 spiro atoms. The molecule has 0 saturated carbocycles. The lowest BCUT2D eigenvalue weighted by Gasteiger charge is -2.29. The molecule has 0 aromatic rings. The Labute approximate surface area is 125 Å². The molecule has 0 N–H and O–H groups in total. The van der Waals surface area contributed by atoms with Gasteiger partial charge in [0.1, 0.15) is 6.10 Å². The average molecular weight is 346 g/mol. The largest absolute Gasteiger partial charge is 0.459 e. The first-order valence-corrected chi connectivity index (χ1v) is 9.50. The quantitative estimate of drug-likeness (QED) is 0.390. The molecule has 0 aliphatic heterocycles. The lowest BCUT2D eigenvalue weighted by Crippen LogP contribution is -2.36. The summed E-state index contributed by atoms with van der Waals surface area (Å²) in [6.45, 7) is 6.23. The van der Waals surface area contributed by atoms with Crippen molar-refractivity contribution in [3.05, 3.63) is 0 Å². The van der Waals surface area contributed by atoms with Crippen molar-refractivity contribution in [2.24, 2.45) is 5.41 Å². The molecular formula is C11H23O8PS. The first-order chi connectivity index (χ1) is 9.27. The molecule has 0 amide bonds. The van der Waals surface area contributed by atoms with E-state index in [4.69, 9.17) is 18.0 Å². The molecule has 10 heteroatoms. The molecule has 0 heterocycles. The van der Waals surface area contributed by atoms with E-state index >= 15 is 0 Å². The number of ether oxygens (including phenoxy) is 1. The highest BCUT2D eigenvalue weighted by Gasteiger charge is 2.44. The summed E-state index contributed by atoms with van der Waals surface area (Å²) in [7, 11) is -5.73. The molecular weight excluding hydrogens is 323 g/mol. The van der Waals surface area contributed by atoms with Gasteiger partial charge in [0, 0.05) is 14.2 Å². The standard InChI is InChI=1S/C11H23O8PS/c1-8(18-10(12)11(2,3)4)9(19-21(7,14)15)20(13,16-5)17-6/h8-9H,1-7H3/t8-,9-/m0/s1. The smallest absolute Gasteiger partial charge is 0.364 e. The van der Waals surface area contributed by atoms with Gasteiger partial charge in [0.15, 0.2) is 0 Å². The Morgan fingerprint density at radius 2 is 1.57 bits per heavy atom. The predicted octanol–water partition coefficient (Wildman–Crippen LogP) is 1.75. The molecule has 0 fully saturated rings. The lowest BCUT2D eigenvalue weighted by atomic mass is 9.97. The van der Waals surface area contributed by atoms with Crippen LogP contribution in [0.3, 0.4) is 0 Å². The van der Waals surface area contributed by atoms with Gasteiger partial charge >= 0.3 is 13.6 Å². The highest BCUT2D eigenvalue weighted by Crippen LogP contribution is 2.54. The number of hydrogen-bond donors (Lipinski definition) is 0. The molecule has 0 saturated heterocycles. The highest BCUT2D eigenvalue weighted by atomic mass is 32.2. The van der Waals surface area contributed by atoms with E-state index in [2.05, 4.69) is 0 Å². The van der Waals surface area contributed by atoms with Crippen molar-refractivity contribution in [3.63, 3.8) is 0 Å². The third-order valence-corrected chi connectivity index (χ3v) is 5.27. The van der Waals surface area contributed by atoms with Gasteiger partial charge in [-0.05, 0) is 27.7 Å². The molecule has 21 heavy (non-hydrogen) atoms. The van der Waals surface area contributed by atoms with Crippen LogP contribution in [0.25, 0.3) is 0 Å². The third-order valence-electron chi connectivity index (χ3n) is 2.40. The molecule has 2 atom stereocenters. The second kappa shape index (κ2) is 7.19. The van der Waals surface area contributed by atoms with Gasteiger partial charge in [0.2, 0.25) is 5.85 Å². The van der Waals surface area contributed by atoms with E-state index in [0.717, 1.165) is 20.5 Å². The number of esters is 1. The van der Waals surface area contributed by atoms with Crippen LogP contribution >= 0.6 is 7.60 Å². The van der Waals surface area contributed by atoms with Crippen LogP contribution in [0.4, 0.5) is 0 Å². The molecule has 126 valence electrons. The highest BCUT2D eigenvalue weighted by molar-refractivity contribution is 7.86. The van der Waals surface area contributed by atoms with Crippen molar-refractivity contribution in [1.82, 2.24) is 0 Å². The Bertz CT molecular complexity index is 499. The number of hydrogen-bond acceptors (Lipinski definition) is 8. The molecule has 0 bridgehead atoms. The van der Waals surface area contributed by atoms with E-state index in [9.17, 15) is 17.8 Å². The summed E-state index contributed by atoms with van der Waals surface area (Å²) in [4.78, 5) is 11.9. The summed E-state index contributed by atoms with van der Waals surface area (Å²) in [5.74, 6) is -2.19. The Morgan fingerprint density at radius 1 is 1.14 bits per heavy atom. The summed E-state index contributed by atoms with van der Waals surface area (Å²) in [5.41, 5.74) is -0.811. The number of rotatable bonds is 7. The van der Waals surface area contributed by atoms with Crippen molar-refractivity contribution < 1.29 is 35.7 Å². The van der Waals surface area contributed by atoms with Crippen LogP contribution in [0.1, 0.15) is 27.7 Å². The van der Waals surface area contributed by atoms with Gasteiger partial charge in [0.05, 0.1) is 11.7 Å². The number of carbonyl (C=O) groups excluding carboxylic acids is 1. The van der Waals surface area contributed by atoms with E-state index in [1.165, 1.54) is 6.92 Å². The van der Waals surface area contributed by atoms with Crippen LogP contribution in [-0.4, -0.2) is 46.8 Å². The molecule has 0 aromatic carbocycles. The topological polar surface area (TPSA) is 105 Å². The van der Waals surface area contributed by atoms with Crippen LogP contribution in [0, 0.1) is 5.41 Å². The van der Waals surface area contributed by atoms with Gasteiger partial charge in [-0.3, -0.25) is 9.36 Å². The first kappa shape index (κ1) is 20.5. The van der Waals surface area contributed by atoms with Crippen molar-refractivity contribution in [3.8, 4) is 0 Å². The zero-order valence-corrected chi connectivity index (χ0v) is 15.0. The van der Waals surface area contributed by atoms with Gasteiger partial charge in [-0.1, -0.05) is 0 Å². The Hall–Kier alpha value is -0.470. The minimum absolute atomic E-state index is 0.601. The van der Waals surface area contributed by atoms with Gasteiger partial charge in [0.25, 0.3) is 10.1 Å². The average Bonchev–Trinajstić information content (AvgIpc) is 2.32. The fourth-order valence-corrected chi connectivity index (χ4v) is 3.80. The monoisotopic (exact) mass is 346 g/mol. The van der Waals surface area contributed by atoms with E-state index in [1.807, 2.05) is 0 Å². The summed E-state index contributed by atoms with van der Waals surface area (Å²) in [6.07, 6.45) is -0.370. The lowest BCUT2D eigenvalue weighted by molar-refractivity contribution is -0.160. The Morgan fingerprint density at radius 3 is 1.86 bits per heavy atom. The van der Waals surface area contributed by atoms with Crippen LogP contribution in [-0.2, 0) is 37.4 Å².